The van der Waals surface area contributed by atoms with Gasteiger partial charge in [-0.3, -0.25) is 0 Å². The highest BCUT2D eigenvalue weighted by atomic mass is 16.3. The summed E-state index contributed by atoms with van der Waals surface area (Å²) in [5, 5.41) is 3.44. The average molecular weight is 286 g/mol. The molecule has 0 aliphatic rings. The molecule has 1 N–H and O–H groups in total. The second kappa shape index (κ2) is 7.43. The number of benzene rings is 1. The van der Waals surface area contributed by atoms with Crippen LogP contribution in [0.15, 0.2) is 41.0 Å². The molecule has 1 heterocycles. The van der Waals surface area contributed by atoms with Crippen molar-refractivity contribution in [3.63, 3.8) is 0 Å². The molecule has 0 bridgehead atoms. The molecule has 0 saturated heterocycles. The topological polar surface area (TPSA) is 28.4 Å². The zero-order chi connectivity index (χ0) is 15.2. The highest BCUT2D eigenvalue weighted by molar-refractivity contribution is 5.28. The molecule has 3 nitrogen and oxygen atoms in total. The van der Waals surface area contributed by atoms with Gasteiger partial charge in [-0.25, -0.2) is 0 Å². The van der Waals surface area contributed by atoms with Gasteiger partial charge in [0.1, 0.15) is 5.76 Å². The van der Waals surface area contributed by atoms with E-state index in [1.54, 1.807) is 6.26 Å². The monoisotopic (exact) mass is 286 g/mol. The van der Waals surface area contributed by atoms with E-state index in [1.165, 1.54) is 16.7 Å². The van der Waals surface area contributed by atoms with Crippen LogP contribution in [-0.4, -0.2) is 25.5 Å². The molecule has 2 aromatic rings. The predicted octanol–water partition coefficient (Wildman–Crippen LogP) is 3.68. The summed E-state index contributed by atoms with van der Waals surface area (Å²) in [4.78, 5) is 2.35. The van der Waals surface area contributed by atoms with Gasteiger partial charge in [0.05, 0.1) is 6.26 Å². The normalized spacial score (nSPS) is 12.8. The van der Waals surface area contributed by atoms with Crippen LogP contribution < -0.4 is 5.32 Å². The number of aryl methyl sites for hydroxylation is 2. The van der Waals surface area contributed by atoms with Crippen molar-refractivity contribution in [1.82, 2.24) is 10.2 Å². The summed E-state index contributed by atoms with van der Waals surface area (Å²) in [6.07, 6.45) is 2.86. The Balaban J connectivity index is 1.91. The number of hydrogen-bond donors (Lipinski definition) is 1. The van der Waals surface area contributed by atoms with Crippen molar-refractivity contribution >= 4 is 0 Å². The third-order valence-corrected chi connectivity index (χ3v) is 4.12. The first-order chi connectivity index (χ1) is 10.1. The van der Waals surface area contributed by atoms with Crippen molar-refractivity contribution < 1.29 is 4.42 Å². The molecule has 0 fully saturated rings. The number of rotatable bonds is 7. The van der Waals surface area contributed by atoms with E-state index in [1.807, 2.05) is 14.0 Å². The molecule has 0 aliphatic heterocycles. The maximum atomic E-state index is 5.36. The molecule has 2 rings (SSSR count). The van der Waals surface area contributed by atoms with Gasteiger partial charge in [-0.15, -0.1) is 0 Å². The van der Waals surface area contributed by atoms with Gasteiger partial charge in [-0.1, -0.05) is 24.3 Å². The van der Waals surface area contributed by atoms with Gasteiger partial charge in [0, 0.05) is 18.2 Å². The van der Waals surface area contributed by atoms with Crippen LogP contribution in [0, 0.1) is 13.8 Å². The first kappa shape index (κ1) is 15.8. The van der Waals surface area contributed by atoms with Crippen LogP contribution in [0.2, 0.25) is 0 Å². The maximum absolute atomic E-state index is 5.36. The van der Waals surface area contributed by atoms with E-state index in [9.17, 15) is 0 Å². The predicted molar refractivity (Wildman–Crippen MR) is 87.4 cm³/mol. The Morgan fingerprint density at radius 3 is 2.57 bits per heavy atom. The summed E-state index contributed by atoms with van der Waals surface area (Å²) in [7, 11) is 4.20. The van der Waals surface area contributed by atoms with Gasteiger partial charge >= 0.3 is 0 Å². The van der Waals surface area contributed by atoms with Crippen molar-refractivity contribution in [2.45, 2.75) is 32.9 Å². The van der Waals surface area contributed by atoms with Crippen molar-refractivity contribution in [3.8, 4) is 0 Å². The highest BCUT2D eigenvalue weighted by Crippen LogP contribution is 2.21. The molecule has 21 heavy (non-hydrogen) atoms. The second-order valence-electron chi connectivity index (χ2n) is 5.73. The van der Waals surface area contributed by atoms with E-state index in [4.69, 9.17) is 4.42 Å². The van der Waals surface area contributed by atoms with Gasteiger partial charge in [0.15, 0.2) is 0 Å². The van der Waals surface area contributed by atoms with E-state index < -0.39 is 0 Å². The summed E-state index contributed by atoms with van der Waals surface area (Å²) in [5.74, 6) is 1.02. The second-order valence-corrected chi connectivity index (χ2v) is 5.73. The molecule has 3 heteroatoms. The van der Waals surface area contributed by atoms with Crippen molar-refractivity contribution in [2.24, 2.45) is 0 Å². The number of furan rings is 1. The third kappa shape index (κ3) is 4.19. The van der Waals surface area contributed by atoms with Crippen LogP contribution in [0.4, 0.5) is 0 Å². The molecular weight excluding hydrogens is 260 g/mol. The largest absolute Gasteiger partial charge is 0.469 e. The van der Waals surface area contributed by atoms with Gasteiger partial charge < -0.3 is 14.6 Å². The fraction of sp³-hybridized carbons (Fsp3) is 0.444. The SMILES string of the molecule is CNC(CCN(C)Cc1ccoc1C)c1ccccc1C. The standard InChI is InChI=1S/C18H26N2O/c1-14-7-5-6-8-17(14)18(19-3)9-11-20(4)13-16-10-12-21-15(16)2/h5-8,10,12,18-19H,9,11,13H2,1-4H3. The minimum Gasteiger partial charge on any atom is -0.469 e. The van der Waals surface area contributed by atoms with Gasteiger partial charge in [0.2, 0.25) is 0 Å². The van der Waals surface area contributed by atoms with Gasteiger partial charge in [-0.2, -0.15) is 0 Å². The lowest BCUT2D eigenvalue weighted by atomic mass is 9.99. The van der Waals surface area contributed by atoms with Crippen LogP contribution in [0.25, 0.3) is 0 Å². The molecule has 0 spiro atoms. The van der Waals surface area contributed by atoms with Crippen molar-refractivity contribution in [2.75, 3.05) is 20.6 Å². The van der Waals surface area contributed by atoms with Crippen molar-refractivity contribution in [1.29, 1.82) is 0 Å². The Kier molecular flexibility index (Phi) is 5.59. The van der Waals surface area contributed by atoms with Crippen LogP contribution in [0.1, 0.15) is 34.9 Å². The quantitative estimate of drug-likeness (QED) is 0.841. The minimum atomic E-state index is 0.402. The lowest BCUT2D eigenvalue weighted by Gasteiger charge is -2.23. The first-order valence-electron chi connectivity index (χ1n) is 7.56. The number of hydrogen-bond acceptors (Lipinski definition) is 3. The molecule has 0 saturated carbocycles. The molecule has 0 radical (unpaired) electrons. The number of nitrogens with zero attached hydrogens (tertiary/aromatic N) is 1. The zero-order valence-corrected chi connectivity index (χ0v) is 13.5. The van der Waals surface area contributed by atoms with E-state index >= 15 is 0 Å². The summed E-state index contributed by atoms with van der Waals surface area (Å²) in [5.41, 5.74) is 4.02. The Morgan fingerprint density at radius 1 is 1.19 bits per heavy atom. The molecule has 1 aromatic heterocycles. The summed E-state index contributed by atoms with van der Waals surface area (Å²) in [6.45, 7) is 6.18. The van der Waals surface area contributed by atoms with E-state index in [-0.39, 0.29) is 0 Å². The zero-order valence-electron chi connectivity index (χ0n) is 13.5. The van der Waals surface area contributed by atoms with Crippen LogP contribution in [0.5, 0.6) is 0 Å². The van der Waals surface area contributed by atoms with E-state index in [0.29, 0.717) is 6.04 Å². The van der Waals surface area contributed by atoms with Gasteiger partial charge in [-0.05, 0) is 58.1 Å². The molecule has 0 aliphatic carbocycles. The molecule has 114 valence electrons. The summed E-state index contributed by atoms with van der Waals surface area (Å²) < 4.78 is 5.36. The Morgan fingerprint density at radius 2 is 1.95 bits per heavy atom. The first-order valence-corrected chi connectivity index (χ1v) is 7.56. The van der Waals surface area contributed by atoms with Gasteiger partial charge in [0.25, 0.3) is 0 Å². The Labute approximate surface area is 128 Å². The average Bonchev–Trinajstić information content (AvgIpc) is 2.86. The molecule has 0 amide bonds. The Bertz CT molecular complexity index is 562. The number of nitrogens with one attached hydrogen (secondary N) is 1. The smallest absolute Gasteiger partial charge is 0.105 e. The lowest BCUT2D eigenvalue weighted by molar-refractivity contribution is 0.301. The van der Waals surface area contributed by atoms with Crippen LogP contribution in [0.3, 0.4) is 0 Å². The molecule has 1 atom stereocenters. The summed E-state index contributed by atoms with van der Waals surface area (Å²) >= 11 is 0. The fourth-order valence-electron chi connectivity index (χ4n) is 2.73. The molecule has 1 unspecified atom stereocenters. The van der Waals surface area contributed by atoms with Crippen LogP contribution >= 0.6 is 0 Å². The van der Waals surface area contributed by atoms with Crippen molar-refractivity contribution in [3.05, 3.63) is 59.0 Å². The highest BCUT2D eigenvalue weighted by Gasteiger charge is 2.13. The third-order valence-electron chi connectivity index (χ3n) is 4.12. The van der Waals surface area contributed by atoms with Crippen LogP contribution in [-0.2, 0) is 6.54 Å². The maximum Gasteiger partial charge on any atom is 0.105 e. The van der Waals surface area contributed by atoms with E-state index in [2.05, 4.69) is 54.5 Å². The lowest BCUT2D eigenvalue weighted by Crippen LogP contribution is -2.25. The van der Waals surface area contributed by atoms with E-state index in [0.717, 1.165) is 25.3 Å². The fourth-order valence-corrected chi connectivity index (χ4v) is 2.73. The molecule has 1 aromatic carbocycles. The minimum absolute atomic E-state index is 0.402. The Hall–Kier alpha value is -1.58. The molecular formula is C18H26N2O. The summed E-state index contributed by atoms with van der Waals surface area (Å²) in [6, 6.07) is 11.1.